The van der Waals surface area contributed by atoms with Crippen molar-refractivity contribution in [3.05, 3.63) is 34.3 Å². The summed E-state index contributed by atoms with van der Waals surface area (Å²) >= 11 is 5.81. The second kappa shape index (κ2) is 13.4. The molecule has 0 unspecified atom stereocenters. The third-order valence-corrected chi connectivity index (χ3v) is 2.38. The van der Waals surface area contributed by atoms with Crippen LogP contribution in [0.3, 0.4) is 0 Å². The minimum absolute atomic E-state index is 0.224. The van der Waals surface area contributed by atoms with Crippen LogP contribution in [0.2, 0.25) is 5.02 Å². The number of aryl methyl sites for hydroxylation is 2. The maximum absolute atomic E-state index is 10.3. The van der Waals surface area contributed by atoms with Gasteiger partial charge in [0, 0.05) is 11.4 Å². The van der Waals surface area contributed by atoms with Crippen molar-refractivity contribution >= 4 is 30.5 Å². The van der Waals surface area contributed by atoms with Crippen LogP contribution < -0.4 is 0 Å². The van der Waals surface area contributed by atoms with Crippen molar-refractivity contribution in [3.8, 4) is 0 Å². The number of halogens is 1. The van der Waals surface area contributed by atoms with Crippen LogP contribution in [0.4, 0.5) is 0 Å². The molecule has 1 rings (SSSR count). The van der Waals surface area contributed by atoms with E-state index in [1.807, 2.05) is 25.1 Å². The zero-order valence-corrected chi connectivity index (χ0v) is 11.7. The largest absolute Gasteiger partial charge is 0.483 e. The number of carboxylic acids is 1. The maximum atomic E-state index is 10.3. The smallest absolute Gasteiger partial charge is 0.303 e. The van der Waals surface area contributed by atoms with Crippen LogP contribution in [0, 0.1) is 6.92 Å². The molecule has 0 radical (unpaired) electrons. The van der Waals surface area contributed by atoms with E-state index in [9.17, 15) is 4.79 Å². The lowest BCUT2D eigenvalue weighted by Gasteiger charge is -2.04. The molecule has 1 aromatic rings. The van der Waals surface area contributed by atoms with Gasteiger partial charge in [0.1, 0.15) is 0 Å². The Hall–Kier alpha value is -2.08. The number of carboxylic acid groups (broad SMARTS) is 3. The number of aliphatic carboxylic acids is 1. The van der Waals surface area contributed by atoms with Crippen LogP contribution in [-0.4, -0.2) is 34.2 Å². The van der Waals surface area contributed by atoms with Crippen molar-refractivity contribution in [1.29, 1.82) is 0 Å². The average molecular weight is 305 g/mol. The first-order valence-electron chi connectivity index (χ1n) is 5.55. The zero-order chi connectivity index (χ0) is 16.0. The summed E-state index contributed by atoms with van der Waals surface area (Å²) in [5, 5.41) is 23.0. The van der Waals surface area contributed by atoms with Crippen molar-refractivity contribution < 1.29 is 29.7 Å². The summed E-state index contributed by atoms with van der Waals surface area (Å²) in [6, 6.07) is 5.70. The van der Waals surface area contributed by atoms with Gasteiger partial charge in [0.05, 0.1) is 0 Å². The van der Waals surface area contributed by atoms with E-state index >= 15 is 0 Å². The Labute approximate surface area is 121 Å². The molecule has 0 saturated heterocycles. The monoisotopic (exact) mass is 304 g/mol. The van der Waals surface area contributed by atoms with E-state index in [0.29, 0.717) is 6.42 Å². The molecule has 0 aliphatic rings. The Morgan fingerprint density at radius 3 is 2.15 bits per heavy atom. The van der Waals surface area contributed by atoms with Gasteiger partial charge in [0.15, 0.2) is 0 Å². The lowest BCUT2D eigenvalue weighted by Crippen LogP contribution is -1.97. The highest BCUT2D eigenvalue weighted by Gasteiger charge is 2.01. The first kappa shape index (κ1) is 20.2. The molecule has 0 fully saturated rings. The molecule has 0 bridgehead atoms. The molecule has 112 valence electrons. The van der Waals surface area contributed by atoms with E-state index in [1.54, 1.807) is 0 Å². The molecule has 0 spiro atoms. The maximum Gasteiger partial charge on any atom is 0.303 e. The quantitative estimate of drug-likeness (QED) is 0.737. The van der Waals surface area contributed by atoms with E-state index in [-0.39, 0.29) is 19.4 Å². The molecule has 0 saturated carbocycles. The highest BCUT2D eigenvalue weighted by Crippen LogP contribution is 2.16. The minimum Gasteiger partial charge on any atom is -0.483 e. The molecule has 0 amide bonds. The Balaban J connectivity index is 0. The van der Waals surface area contributed by atoms with E-state index in [4.69, 9.17) is 36.5 Å². The number of hydrogen-bond donors (Lipinski definition) is 3. The van der Waals surface area contributed by atoms with Crippen LogP contribution >= 0.6 is 11.6 Å². The average Bonchev–Trinajstić information content (AvgIpc) is 2.33. The van der Waals surface area contributed by atoms with Crippen molar-refractivity contribution in [2.24, 2.45) is 0 Å². The number of benzene rings is 1. The molecular formula is C13H17ClO6. The lowest BCUT2D eigenvalue weighted by atomic mass is 10.0. The summed E-state index contributed by atoms with van der Waals surface area (Å²) in [6.07, 6.45) is 1.70. The number of hydrogen-bond acceptors (Lipinski definition) is 3. The molecular weight excluding hydrogens is 288 g/mol. The fourth-order valence-electron chi connectivity index (χ4n) is 1.37. The van der Waals surface area contributed by atoms with Crippen LogP contribution in [0.15, 0.2) is 18.2 Å². The predicted octanol–water partition coefficient (Wildman–Crippen LogP) is 2.46. The van der Waals surface area contributed by atoms with Crippen LogP contribution in [-0.2, 0) is 20.8 Å². The van der Waals surface area contributed by atoms with Gasteiger partial charge in [-0.05, 0) is 43.0 Å². The first-order valence-corrected chi connectivity index (χ1v) is 5.93. The SMILES string of the molecule is Cc1cc(Cl)ccc1CCCC(=O)O.O=CO.O=CO. The summed E-state index contributed by atoms with van der Waals surface area (Å²) in [6.45, 7) is 1.49. The second-order valence-corrected chi connectivity index (χ2v) is 3.97. The minimum atomic E-state index is -0.739. The second-order valence-electron chi connectivity index (χ2n) is 3.53. The van der Waals surface area contributed by atoms with Crippen LogP contribution in [0.1, 0.15) is 24.0 Å². The van der Waals surface area contributed by atoms with E-state index in [0.717, 1.165) is 17.0 Å². The molecule has 0 heterocycles. The van der Waals surface area contributed by atoms with Gasteiger partial charge in [-0.2, -0.15) is 0 Å². The highest BCUT2D eigenvalue weighted by molar-refractivity contribution is 6.30. The van der Waals surface area contributed by atoms with Crippen LogP contribution in [0.25, 0.3) is 0 Å². The Morgan fingerprint density at radius 2 is 1.75 bits per heavy atom. The normalized spacial score (nSPS) is 8.30. The summed E-state index contributed by atoms with van der Waals surface area (Å²) in [5.74, 6) is -0.739. The molecule has 0 atom stereocenters. The van der Waals surface area contributed by atoms with Gasteiger partial charge in [0.2, 0.25) is 0 Å². The van der Waals surface area contributed by atoms with E-state index in [2.05, 4.69) is 0 Å². The van der Waals surface area contributed by atoms with Gasteiger partial charge in [0.25, 0.3) is 12.9 Å². The summed E-state index contributed by atoms with van der Waals surface area (Å²) < 4.78 is 0. The highest BCUT2D eigenvalue weighted by atomic mass is 35.5. The lowest BCUT2D eigenvalue weighted by molar-refractivity contribution is -0.137. The Kier molecular flexibility index (Phi) is 13.5. The topological polar surface area (TPSA) is 112 Å². The predicted molar refractivity (Wildman–Crippen MR) is 74.1 cm³/mol. The van der Waals surface area contributed by atoms with E-state index < -0.39 is 5.97 Å². The molecule has 0 aliphatic heterocycles. The molecule has 6 nitrogen and oxygen atoms in total. The number of carbonyl (C=O) groups is 3. The molecule has 0 aromatic heterocycles. The fourth-order valence-corrected chi connectivity index (χ4v) is 1.60. The van der Waals surface area contributed by atoms with Gasteiger partial charge in [-0.1, -0.05) is 17.7 Å². The third kappa shape index (κ3) is 12.4. The Morgan fingerprint density at radius 1 is 1.25 bits per heavy atom. The van der Waals surface area contributed by atoms with Gasteiger partial charge < -0.3 is 15.3 Å². The third-order valence-electron chi connectivity index (χ3n) is 2.14. The van der Waals surface area contributed by atoms with Crippen molar-refractivity contribution in [2.45, 2.75) is 26.2 Å². The summed E-state index contributed by atoms with van der Waals surface area (Å²) in [5.41, 5.74) is 2.30. The van der Waals surface area contributed by atoms with Crippen LogP contribution in [0.5, 0.6) is 0 Å². The zero-order valence-electron chi connectivity index (χ0n) is 11.0. The summed E-state index contributed by atoms with van der Waals surface area (Å²) in [7, 11) is 0. The van der Waals surface area contributed by atoms with Crippen molar-refractivity contribution in [1.82, 2.24) is 0 Å². The van der Waals surface area contributed by atoms with E-state index in [1.165, 1.54) is 5.56 Å². The molecule has 0 aliphatic carbocycles. The standard InChI is InChI=1S/C11H13ClO2.2CH2O2/c1-8-7-10(12)6-5-9(8)3-2-4-11(13)14;2*2-1-3/h5-7H,2-4H2,1H3,(H,13,14);2*1H,(H,2,3). The van der Waals surface area contributed by atoms with Crippen molar-refractivity contribution in [2.75, 3.05) is 0 Å². The van der Waals surface area contributed by atoms with Crippen molar-refractivity contribution in [3.63, 3.8) is 0 Å². The number of rotatable bonds is 4. The van der Waals surface area contributed by atoms with Gasteiger partial charge in [-0.15, -0.1) is 0 Å². The molecule has 20 heavy (non-hydrogen) atoms. The van der Waals surface area contributed by atoms with Gasteiger partial charge in [-0.3, -0.25) is 14.4 Å². The molecule has 3 N–H and O–H groups in total. The Bertz CT molecular complexity index is 413. The molecule has 7 heteroatoms. The van der Waals surface area contributed by atoms with Gasteiger partial charge >= 0.3 is 5.97 Å². The first-order chi connectivity index (χ1) is 9.42. The van der Waals surface area contributed by atoms with Gasteiger partial charge in [-0.25, -0.2) is 0 Å². The fraction of sp³-hybridized carbons (Fsp3) is 0.308. The molecule has 1 aromatic carbocycles. The summed E-state index contributed by atoms with van der Waals surface area (Å²) in [4.78, 5) is 27.0.